The topological polar surface area (TPSA) is 119 Å². The minimum absolute atomic E-state index is 0.0957. The Bertz CT molecular complexity index is 948. The second-order valence-corrected chi connectivity index (χ2v) is 5.23. The standard InChI is InChI=1S/C17H12N2O6/c1-25-14-8-9(7-13(15(14)20)19(23)24)6-12-10-4-2-3-5-11(10)16(21)18-17(12)22/h2-8,20H,1H3,(H,18,21,22)/b12-6-. The molecule has 0 spiro atoms. The number of aromatic hydroxyl groups is 1. The number of fused-ring (bicyclic) bond motifs is 1. The van der Waals surface area contributed by atoms with Gasteiger partial charge in [-0.05, 0) is 29.3 Å². The number of phenolic OH excluding ortho intramolecular Hbond substituents is 1. The molecule has 1 heterocycles. The smallest absolute Gasteiger partial charge is 0.315 e. The zero-order valence-corrected chi connectivity index (χ0v) is 13.0. The summed E-state index contributed by atoms with van der Waals surface area (Å²) in [4.78, 5) is 34.4. The molecule has 0 bridgehead atoms. The lowest BCUT2D eigenvalue weighted by atomic mass is 9.93. The summed E-state index contributed by atoms with van der Waals surface area (Å²) in [5.74, 6) is -1.81. The molecule has 8 nitrogen and oxygen atoms in total. The summed E-state index contributed by atoms with van der Waals surface area (Å²) in [7, 11) is 1.26. The summed E-state index contributed by atoms with van der Waals surface area (Å²) < 4.78 is 4.94. The summed E-state index contributed by atoms with van der Waals surface area (Å²) >= 11 is 0. The van der Waals surface area contributed by atoms with Crippen molar-refractivity contribution in [2.75, 3.05) is 7.11 Å². The van der Waals surface area contributed by atoms with Crippen molar-refractivity contribution >= 4 is 29.2 Å². The van der Waals surface area contributed by atoms with Crippen molar-refractivity contribution in [1.29, 1.82) is 0 Å². The summed E-state index contributed by atoms with van der Waals surface area (Å²) in [6, 6.07) is 9.02. The van der Waals surface area contributed by atoms with Crippen LogP contribution in [0.2, 0.25) is 0 Å². The highest BCUT2D eigenvalue weighted by Crippen LogP contribution is 2.38. The molecule has 0 saturated carbocycles. The first kappa shape index (κ1) is 16.2. The largest absolute Gasteiger partial charge is 0.500 e. The van der Waals surface area contributed by atoms with Crippen molar-refractivity contribution in [2.24, 2.45) is 0 Å². The fourth-order valence-electron chi connectivity index (χ4n) is 2.58. The van der Waals surface area contributed by atoms with Gasteiger partial charge in [0.25, 0.3) is 11.8 Å². The molecule has 0 unspecified atom stereocenters. The molecule has 0 atom stereocenters. The minimum atomic E-state index is -0.752. The van der Waals surface area contributed by atoms with Crippen LogP contribution >= 0.6 is 0 Å². The van der Waals surface area contributed by atoms with E-state index < -0.39 is 28.2 Å². The van der Waals surface area contributed by atoms with Gasteiger partial charge in [-0.3, -0.25) is 25.0 Å². The number of amides is 2. The zero-order chi connectivity index (χ0) is 18.1. The fourth-order valence-corrected chi connectivity index (χ4v) is 2.58. The number of imide groups is 1. The number of ether oxygens (including phenoxy) is 1. The molecule has 25 heavy (non-hydrogen) atoms. The van der Waals surface area contributed by atoms with Crippen LogP contribution in [0, 0.1) is 10.1 Å². The van der Waals surface area contributed by atoms with Gasteiger partial charge in [-0.1, -0.05) is 18.2 Å². The lowest BCUT2D eigenvalue weighted by Gasteiger charge is -2.18. The SMILES string of the molecule is COc1cc(/C=C2\C(=O)NC(=O)c3ccccc32)cc([N+](=O)[O-])c1O. The molecule has 0 radical (unpaired) electrons. The van der Waals surface area contributed by atoms with Crippen molar-refractivity contribution in [1.82, 2.24) is 5.32 Å². The van der Waals surface area contributed by atoms with Gasteiger partial charge in [0.1, 0.15) is 0 Å². The summed E-state index contributed by atoms with van der Waals surface area (Å²) in [6.07, 6.45) is 1.40. The monoisotopic (exact) mass is 340 g/mol. The van der Waals surface area contributed by atoms with Crippen molar-refractivity contribution in [3.63, 3.8) is 0 Å². The Labute approximate surface area is 141 Å². The first-order valence-electron chi connectivity index (χ1n) is 7.14. The van der Waals surface area contributed by atoms with Gasteiger partial charge in [0.15, 0.2) is 5.75 Å². The summed E-state index contributed by atoms with van der Waals surface area (Å²) in [6.45, 7) is 0. The van der Waals surface area contributed by atoms with Gasteiger partial charge in [-0.25, -0.2) is 0 Å². The van der Waals surface area contributed by atoms with E-state index in [-0.39, 0.29) is 16.9 Å². The molecular formula is C17H12N2O6. The van der Waals surface area contributed by atoms with Crippen LogP contribution in [0.5, 0.6) is 11.5 Å². The van der Waals surface area contributed by atoms with Crippen molar-refractivity contribution in [3.05, 3.63) is 63.2 Å². The second-order valence-electron chi connectivity index (χ2n) is 5.23. The fraction of sp³-hybridized carbons (Fsp3) is 0.0588. The van der Waals surface area contributed by atoms with Crippen LogP contribution < -0.4 is 10.1 Å². The third-order valence-corrected chi connectivity index (χ3v) is 3.74. The van der Waals surface area contributed by atoms with Gasteiger partial charge >= 0.3 is 5.69 Å². The van der Waals surface area contributed by atoms with Crippen LogP contribution in [0.15, 0.2) is 36.4 Å². The number of phenols is 1. The van der Waals surface area contributed by atoms with E-state index in [4.69, 9.17) is 4.74 Å². The van der Waals surface area contributed by atoms with Crippen LogP contribution in [0.1, 0.15) is 21.5 Å². The Morgan fingerprint density at radius 1 is 1.16 bits per heavy atom. The minimum Gasteiger partial charge on any atom is -0.500 e. The third kappa shape index (κ3) is 2.80. The van der Waals surface area contributed by atoms with E-state index in [1.54, 1.807) is 24.3 Å². The van der Waals surface area contributed by atoms with Gasteiger partial charge in [-0.15, -0.1) is 0 Å². The molecule has 8 heteroatoms. The Morgan fingerprint density at radius 2 is 1.84 bits per heavy atom. The highest BCUT2D eigenvalue weighted by Gasteiger charge is 2.27. The highest BCUT2D eigenvalue weighted by molar-refractivity contribution is 6.33. The first-order valence-corrected chi connectivity index (χ1v) is 7.14. The van der Waals surface area contributed by atoms with Gasteiger partial charge in [-0.2, -0.15) is 0 Å². The average Bonchev–Trinajstić information content (AvgIpc) is 2.59. The van der Waals surface area contributed by atoms with Gasteiger partial charge < -0.3 is 9.84 Å². The van der Waals surface area contributed by atoms with Crippen molar-refractivity contribution in [2.45, 2.75) is 0 Å². The first-order chi connectivity index (χ1) is 11.9. The lowest BCUT2D eigenvalue weighted by Crippen LogP contribution is -2.36. The zero-order valence-electron chi connectivity index (χ0n) is 13.0. The van der Waals surface area contributed by atoms with E-state index >= 15 is 0 Å². The van der Waals surface area contributed by atoms with Crippen molar-refractivity contribution in [3.8, 4) is 11.5 Å². The van der Waals surface area contributed by atoms with Crippen LogP contribution in [-0.2, 0) is 4.79 Å². The summed E-state index contributed by atoms with van der Waals surface area (Å²) in [5, 5.41) is 23.1. The number of rotatable bonds is 3. The molecule has 0 aromatic heterocycles. The van der Waals surface area contributed by atoms with E-state index in [9.17, 15) is 24.8 Å². The molecule has 2 amide bonds. The maximum Gasteiger partial charge on any atom is 0.315 e. The molecule has 1 aliphatic heterocycles. The molecule has 2 aromatic carbocycles. The molecule has 3 rings (SSSR count). The quantitative estimate of drug-likeness (QED) is 0.382. The summed E-state index contributed by atoms with van der Waals surface area (Å²) in [5.41, 5.74) is 0.652. The highest BCUT2D eigenvalue weighted by atomic mass is 16.6. The average molecular weight is 340 g/mol. The molecule has 126 valence electrons. The maximum absolute atomic E-state index is 12.2. The number of nitrogens with one attached hydrogen (secondary N) is 1. The molecule has 0 aliphatic carbocycles. The van der Waals surface area contributed by atoms with Gasteiger partial charge in [0.2, 0.25) is 5.75 Å². The van der Waals surface area contributed by atoms with E-state index in [2.05, 4.69) is 5.32 Å². The van der Waals surface area contributed by atoms with E-state index in [0.717, 1.165) is 6.07 Å². The predicted octanol–water partition coefficient (Wildman–Crippen LogP) is 2.12. The van der Waals surface area contributed by atoms with Gasteiger partial charge in [0, 0.05) is 17.2 Å². The van der Waals surface area contributed by atoms with Crippen LogP contribution in [0.4, 0.5) is 5.69 Å². The third-order valence-electron chi connectivity index (χ3n) is 3.74. The number of carbonyl (C=O) groups is 2. The van der Waals surface area contributed by atoms with Crippen LogP contribution in [0.3, 0.4) is 0 Å². The number of benzene rings is 2. The number of nitro benzene ring substituents is 1. The lowest BCUT2D eigenvalue weighted by molar-refractivity contribution is -0.386. The van der Waals surface area contributed by atoms with Gasteiger partial charge in [0.05, 0.1) is 12.0 Å². The molecule has 0 fully saturated rings. The van der Waals surface area contributed by atoms with Crippen LogP contribution in [0.25, 0.3) is 11.6 Å². The van der Waals surface area contributed by atoms with Crippen LogP contribution in [-0.4, -0.2) is 29.0 Å². The van der Waals surface area contributed by atoms with E-state index in [1.165, 1.54) is 19.3 Å². The molecule has 2 aromatic rings. The number of hydrogen-bond donors (Lipinski definition) is 2. The molecule has 2 N–H and O–H groups in total. The normalized spacial score (nSPS) is 14.8. The number of nitro groups is 1. The van der Waals surface area contributed by atoms with E-state index in [0.29, 0.717) is 11.1 Å². The Balaban J connectivity index is 2.20. The Morgan fingerprint density at radius 3 is 2.48 bits per heavy atom. The molecule has 0 saturated heterocycles. The number of carbonyl (C=O) groups excluding carboxylic acids is 2. The van der Waals surface area contributed by atoms with E-state index in [1.807, 2.05) is 0 Å². The predicted molar refractivity (Wildman–Crippen MR) is 88.1 cm³/mol. The molecule has 1 aliphatic rings. The molecular weight excluding hydrogens is 328 g/mol. The number of hydrogen-bond acceptors (Lipinski definition) is 6. The maximum atomic E-state index is 12.2. The second kappa shape index (κ2) is 6.08. The number of nitrogens with zero attached hydrogens (tertiary/aromatic N) is 1. The Hall–Kier alpha value is -3.68. The Kier molecular flexibility index (Phi) is 3.94. The van der Waals surface area contributed by atoms with Crippen molar-refractivity contribution < 1.29 is 24.4 Å². The number of methoxy groups -OCH3 is 1.